The number of para-hydroxylation sites is 2. The van der Waals surface area contributed by atoms with Gasteiger partial charge in [-0.15, -0.1) is 0 Å². The number of benzene rings is 4. The molecule has 2 unspecified atom stereocenters. The fraction of sp³-hybridized carbons (Fsp3) is 0.0882. The van der Waals surface area contributed by atoms with Crippen LogP contribution in [0.1, 0.15) is 27.4 Å². The average Bonchev–Trinajstić information content (AvgIpc) is 3.33. The molecule has 44 heavy (non-hydrogen) atoms. The molecule has 1 aliphatic carbocycles. The molecule has 10 heteroatoms. The summed E-state index contributed by atoms with van der Waals surface area (Å²) in [5.74, 6) is -1.76. The zero-order valence-corrected chi connectivity index (χ0v) is 24.0. The largest absolute Gasteiger partial charge is 0.424 e. The van der Waals surface area contributed by atoms with Crippen LogP contribution in [0.3, 0.4) is 0 Å². The lowest BCUT2D eigenvalue weighted by molar-refractivity contribution is -0.123. The van der Waals surface area contributed by atoms with E-state index in [1.807, 2.05) is 60.7 Å². The fourth-order valence-corrected chi connectivity index (χ4v) is 7.33. The number of hydrogen-bond donors (Lipinski definition) is 1. The van der Waals surface area contributed by atoms with Crippen molar-refractivity contribution in [3.05, 3.63) is 119 Å². The number of ketones is 1. The van der Waals surface area contributed by atoms with Crippen molar-refractivity contribution in [2.75, 3.05) is 11.9 Å². The molecule has 4 aromatic carbocycles. The van der Waals surface area contributed by atoms with E-state index in [-0.39, 0.29) is 11.6 Å². The van der Waals surface area contributed by atoms with Crippen LogP contribution < -0.4 is 15.0 Å². The zero-order chi connectivity index (χ0) is 30.1. The highest BCUT2D eigenvalue weighted by Gasteiger charge is 2.50. The predicted octanol–water partition coefficient (Wildman–Crippen LogP) is 6.39. The first-order valence-corrected chi connectivity index (χ1v) is 14.8. The third-order valence-corrected chi connectivity index (χ3v) is 9.43. The van der Waals surface area contributed by atoms with Gasteiger partial charge in [-0.3, -0.25) is 19.8 Å². The molecule has 4 aliphatic rings. The molecule has 214 valence electrons. The lowest BCUT2D eigenvalue weighted by Gasteiger charge is -2.38. The number of amides is 4. The quantitative estimate of drug-likeness (QED) is 0.287. The Morgan fingerprint density at radius 1 is 0.795 bits per heavy atom. The topological polar surface area (TPSA) is 108 Å². The van der Waals surface area contributed by atoms with Crippen LogP contribution in [0.15, 0.2) is 117 Å². The van der Waals surface area contributed by atoms with E-state index in [9.17, 15) is 19.2 Å². The van der Waals surface area contributed by atoms with Crippen molar-refractivity contribution in [1.29, 1.82) is 0 Å². The van der Waals surface area contributed by atoms with E-state index in [4.69, 9.17) is 9.73 Å². The number of nitrogens with one attached hydrogen (secondary N) is 1. The van der Waals surface area contributed by atoms with Gasteiger partial charge in [0, 0.05) is 39.5 Å². The van der Waals surface area contributed by atoms with Crippen molar-refractivity contribution in [3.8, 4) is 5.75 Å². The summed E-state index contributed by atoms with van der Waals surface area (Å²) in [7, 11) is 1.55. The maximum atomic E-state index is 13.7. The van der Waals surface area contributed by atoms with Gasteiger partial charge < -0.3 is 4.74 Å². The highest BCUT2D eigenvalue weighted by atomic mass is 32.2. The number of urea groups is 1. The Kier molecular flexibility index (Phi) is 5.82. The molecular weight excluding hydrogens is 576 g/mol. The number of allylic oxidation sites excluding steroid dienone is 1. The molecule has 2 atom stereocenters. The minimum atomic E-state index is -0.901. The summed E-state index contributed by atoms with van der Waals surface area (Å²) in [4.78, 5) is 62.6. The van der Waals surface area contributed by atoms with Gasteiger partial charge in [0.2, 0.25) is 5.91 Å². The first-order chi connectivity index (χ1) is 21.4. The zero-order valence-electron chi connectivity index (χ0n) is 23.2. The van der Waals surface area contributed by atoms with E-state index in [2.05, 4.69) is 5.32 Å². The van der Waals surface area contributed by atoms with Gasteiger partial charge in [0.05, 0.1) is 17.1 Å². The monoisotopic (exact) mass is 598 g/mol. The number of fused-ring (bicyclic) bond motifs is 5. The summed E-state index contributed by atoms with van der Waals surface area (Å²) in [5.41, 5.74) is 4.15. The summed E-state index contributed by atoms with van der Waals surface area (Å²) in [5, 5.41) is 2.39. The normalized spacial score (nSPS) is 19.8. The van der Waals surface area contributed by atoms with Gasteiger partial charge >= 0.3 is 12.1 Å². The van der Waals surface area contributed by atoms with Crippen LogP contribution in [0.25, 0.3) is 5.70 Å². The van der Waals surface area contributed by atoms with Crippen LogP contribution in [0.5, 0.6) is 5.75 Å². The van der Waals surface area contributed by atoms with Crippen molar-refractivity contribution in [2.24, 2.45) is 10.9 Å². The first-order valence-electron chi connectivity index (χ1n) is 13.9. The van der Waals surface area contributed by atoms with E-state index in [1.54, 1.807) is 60.1 Å². The second kappa shape index (κ2) is 9.78. The molecule has 4 aromatic rings. The van der Waals surface area contributed by atoms with E-state index in [1.165, 1.54) is 4.90 Å². The average molecular weight is 599 g/mol. The second-order valence-corrected chi connectivity index (χ2v) is 11.8. The molecule has 0 bridgehead atoms. The van der Waals surface area contributed by atoms with Crippen LogP contribution >= 0.6 is 11.8 Å². The Hall–Kier alpha value is -5.48. The standard InChI is InChI=1S/C34H22N4O5S/c1-37-31-28(32(40)36-33(37)41)26(27-29(35-31)20-8-2-3-9-21(20)30(27)39)18-14-16-19(17-15-18)43-34(42)38-22-10-4-6-12-24(22)44-25-13-7-5-11-23(25)38/h2-17,26,28H,1H3,(H,36,40,41). The maximum Gasteiger partial charge on any atom is 0.424 e. The van der Waals surface area contributed by atoms with Gasteiger partial charge in [-0.25, -0.2) is 19.5 Å². The predicted molar refractivity (Wildman–Crippen MR) is 164 cm³/mol. The van der Waals surface area contributed by atoms with Crippen molar-refractivity contribution in [1.82, 2.24) is 10.2 Å². The molecule has 4 amide bonds. The van der Waals surface area contributed by atoms with Crippen molar-refractivity contribution < 1.29 is 23.9 Å². The number of hydrogen-bond acceptors (Lipinski definition) is 7. The van der Waals surface area contributed by atoms with Crippen LogP contribution in [-0.4, -0.2) is 41.6 Å². The minimum absolute atomic E-state index is 0.202. The van der Waals surface area contributed by atoms with Gasteiger partial charge in [-0.1, -0.05) is 72.4 Å². The van der Waals surface area contributed by atoms with Crippen LogP contribution in [0.2, 0.25) is 0 Å². The van der Waals surface area contributed by atoms with Gasteiger partial charge in [0.15, 0.2) is 5.78 Å². The summed E-state index contributed by atoms with van der Waals surface area (Å²) in [6.45, 7) is 0. The maximum absolute atomic E-state index is 13.7. The highest BCUT2D eigenvalue weighted by molar-refractivity contribution is 7.99. The number of rotatable bonds is 2. The Balaban J connectivity index is 1.15. The number of amidine groups is 1. The smallest absolute Gasteiger partial charge is 0.410 e. The third-order valence-electron chi connectivity index (χ3n) is 8.30. The number of anilines is 2. The molecule has 1 N–H and O–H groups in total. The van der Waals surface area contributed by atoms with Crippen LogP contribution in [0.4, 0.5) is 21.0 Å². The molecule has 1 fully saturated rings. The number of imide groups is 1. The Labute approximate surface area is 255 Å². The van der Waals surface area contributed by atoms with Crippen molar-refractivity contribution in [3.63, 3.8) is 0 Å². The van der Waals surface area contributed by atoms with Crippen LogP contribution in [0, 0.1) is 5.92 Å². The lowest BCUT2D eigenvalue weighted by atomic mass is 9.75. The van der Waals surface area contributed by atoms with Crippen molar-refractivity contribution in [2.45, 2.75) is 15.7 Å². The molecule has 0 saturated carbocycles. The number of nitrogens with zero attached hydrogens (tertiary/aromatic N) is 3. The Morgan fingerprint density at radius 3 is 2.09 bits per heavy atom. The van der Waals surface area contributed by atoms with E-state index < -0.39 is 29.9 Å². The van der Waals surface area contributed by atoms with Gasteiger partial charge in [-0.2, -0.15) is 0 Å². The molecule has 0 radical (unpaired) electrons. The number of aliphatic imine (C=N–C) groups is 1. The Bertz CT molecular complexity index is 1970. The minimum Gasteiger partial charge on any atom is -0.410 e. The summed E-state index contributed by atoms with van der Waals surface area (Å²) >= 11 is 1.59. The molecule has 1 saturated heterocycles. The fourth-order valence-electron chi connectivity index (χ4n) is 6.27. The van der Waals surface area contributed by atoms with E-state index in [0.29, 0.717) is 33.7 Å². The molecule has 0 aromatic heterocycles. The molecule has 3 aliphatic heterocycles. The van der Waals surface area contributed by atoms with E-state index in [0.717, 1.165) is 21.2 Å². The number of Topliss-reactive ketones (excluding diaryl/α,β-unsaturated/α-hetero) is 1. The number of carbonyl (C=O) groups excluding carboxylic acids is 4. The molecule has 9 nitrogen and oxygen atoms in total. The van der Waals surface area contributed by atoms with Crippen molar-refractivity contribution >= 4 is 58.5 Å². The lowest BCUT2D eigenvalue weighted by Crippen LogP contribution is -2.58. The van der Waals surface area contributed by atoms with Gasteiger partial charge in [0.1, 0.15) is 17.5 Å². The number of ether oxygens (including phenoxy) is 1. The molecular formula is C34H22N4O5S. The molecule has 3 heterocycles. The van der Waals surface area contributed by atoms with E-state index >= 15 is 0 Å². The SMILES string of the molecule is CN1C(=O)NC(=O)C2C1=NC1=C(C(=O)c3ccccc31)C2c1ccc(OC(=O)N2c3ccccc3Sc3ccccc32)cc1. The molecule has 0 spiro atoms. The highest BCUT2D eigenvalue weighted by Crippen LogP contribution is 2.50. The summed E-state index contributed by atoms with van der Waals surface area (Å²) < 4.78 is 5.87. The summed E-state index contributed by atoms with van der Waals surface area (Å²) in [6, 6.07) is 28.7. The summed E-state index contributed by atoms with van der Waals surface area (Å²) in [6.07, 6.45) is -0.566. The van der Waals surface area contributed by atoms with Gasteiger partial charge in [0.25, 0.3) is 0 Å². The molecule has 8 rings (SSSR count). The van der Waals surface area contributed by atoms with Crippen LogP contribution in [-0.2, 0) is 4.79 Å². The van der Waals surface area contributed by atoms with Gasteiger partial charge in [-0.05, 0) is 42.0 Å². The third kappa shape index (κ3) is 3.84. The Morgan fingerprint density at radius 2 is 1.41 bits per heavy atom. The second-order valence-electron chi connectivity index (χ2n) is 10.7. The number of carbonyl (C=O) groups is 4. The first kappa shape index (κ1) is 26.2.